The SMILES string of the molecule is O=C(NCC(O)c1cccc2ccccc12)C(=O)NC1CCCCC1. The smallest absolute Gasteiger partial charge is 0.309 e. The highest BCUT2D eigenvalue weighted by atomic mass is 16.3. The van der Waals surface area contributed by atoms with E-state index in [1.54, 1.807) is 0 Å². The number of aliphatic hydroxyl groups is 1. The van der Waals surface area contributed by atoms with Gasteiger partial charge in [-0.25, -0.2) is 0 Å². The summed E-state index contributed by atoms with van der Waals surface area (Å²) in [4.78, 5) is 23.9. The summed E-state index contributed by atoms with van der Waals surface area (Å²) >= 11 is 0. The van der Waals surface area contributed by atoms with E-state index in [0.29, 0.717) is 0 Å². The number of hydrogen-bond acceptors (Lipinski definition) is 3. The summed E-state index contributed by atoms with van der Waals surface area (Å²) in [5.74, 6) is -1.30. The third kappa shape index (κ3) is 4.37. The largest absolute Gasteiger partial charge is 0.387 e. The van der Waals surface area contributed by atoms with Crippen LogP contribution in [0.1, 0.15) is 43.8 Å². The van der Waals surface area contributed by atoms with Gasteiger partial charge in [0.2, 0.25) is 0 Å². The van der Waals surface area contributed by atoms with Crippen molar-refractivity contribution in [3.8, 4) is 0 Å². The minimum atomic E-state index is -0.863. The number of benzene rings is 2. The molecule has 132 valence electrons. The maximum Gasteiger partial charge on any atom is 0.309 e. The van der Waals surface area contributed by atoms with Gasteiger partial charge in [-0.1, -0.05) is 61.7 Å². The lowest BCUT2D eigenvalue weighted by molar-refractivity contribution is -0.140. The van der Waals surface area contributed by atoms with Gasteiger partial charge >= 0.3 is 11.8 Å². The van der Waals surface area contributed by atoms with Crippen LogP contribution >= 0.6 is 0 Å². The van der Waals surface area contributed by atoms with Crippen molar-refractivity contribution in [2.45, 2.75) is 44.2 Å². The van der Waals surface area contributed by atoms with Crippen molar-refractivity contribution in [2.75, 3.05) is 6.54 Å². The van der Waals surface area contributed by atoms with Crippen molar-refractivity contribution in [3.05, 3.63) is 48.0 Å². The summed E-state index contributed by atoms with van der Waals surface area (Å²) in [7, 11) is 0. The van der Waals surface area contributed by atoms with Crippen LogP contribution in [-0.2, 0) is 9.59 Å². The molecule has 1 fully saturated rings. The maximum absolute atomic E-state index is 12.0. The van der Waals surface area contributed by atoms with Gasteiger partial charge in [0.05, 0.1) is 6.10 Å². The Bertz CT molecular complexity index is 748. The Morgan fingerprint density at radius 1 is 1.00 bits per heavy atom. The summed E-state index contributed by atoms with van der Waals surface area (Å²) in [6.07, 6.45) is 4.36. The molecule has 0 saturated heterocycles. The standard InChI is InChI=1S/C20H24N2O3/c23-18(17-12-6-8-14-7-4-5-11-16(14)17)13-21-19(24)20(25)22-15-9-2-1-3-10-15/h4-8,11-12,15,18,23H,1-3,9-10,13H2,(H,21,24)(H,22,25). The molecule has 1 aliphatic carbocycles. The summed E-state index contributed by atoms with van der Waals surface area (Å²) < 4.78 is 0. The van der Waals surface area contributed by atoms with E-state index in [1.165, 1.54) is 6.42 Å². The topological polar surface area (TPSA) is 78.4 Å². The molecular weight excluding hydrogens is 316 g/mol. The van der Waals surface area contributed by atoms with Crippen LogP contribution in [0.4, 0.5) is 0 Å². The first-order valence-electron chi connectivity index (χ1n) is 8.89. The lowest BCUT2D eigenvalue weighted by atomic mass is 9.95. The van der Waals surface area contributed by atoms with Crippen molar-refractivity contribution in [3.63, 3.8) is 0 Å². The van der Waals surface area contributed by atoms with Gasteiger partial charge in [-0.2, -0.15) is 0 Å². The van der Waals surface area contributed by atoms with E-state index in [2.05, 4.69) is 10.6 Å². The highest BCUT2D eigenvalue weighted by molar-refractivity contribution is 6.35. The molecule has 0 bridgehead atoms. The first-order valence-corrected chi connectivity index (χ1v) is 8.89. The number of carbonyl (C=O) groups is 2. The van der Waals surface area contributed by atoms with Gasteiger partial charge < -0.3 is 15.7 Å². The number of aliphatic hydroxyl groups excluding tert-OH is 1. The predicted octanol–water partition coefficient (Wildman–Crippen LogP) is 2.44. The van der Waals surface area contributed by atoms with Crippen molar-refractivity contribution in [1.82, 2.24) is 10.6 Å². The molecule has 0 aromatic heterocycles. The molecule has 5 nitrogen and oxygen atoms in total. The van der Waals surface area contributed by atoms with E-state index >= 15 is 0 Å². The van der Waals surface area contributed by atoms with E-state index < -0.39 is 17.9 Å². The van der Waals surface area contributed by atoms with Gasteiger partial charge in [-0.05, 0) is 29.2 Å². The highest BCUT2D eigenvalue weighted by Crippen LogP contribution is 2.23. The summed E-state index contributed by atoms with van der Waals surface area (Å²) in [6.45, 7) is 0.00489. The molecule has 2 aromatic rings. The molecular formula is C20H24N2O3. The first kappa shape index (κ1) is 17.4. The Balaban J connectivity index is 1.56. The van der Waals surface area contributed by atoms with Crippen LogP contribution in [0, 0.1) is 0 Å². The number of hydrogen-bond donors (Lipinski definition) is 3. The van der Waals surface area contributed by atoms with Crippen molar-refractivity contribution < 1.29 is 14.7 Å². The van der Waals surface area contributed by atoms with E-state index in [0.717, 1.165) is 42.0 Å². The van der Waals surface area contributed by atoms with E-state index in [9.17, 15) is 14.7 Å². The Morgan fingerprint density at radius 2 is 1.72 bits per heavy atom. The number of nitrogens with one attached hydrogen (secondary N) is 2. The summed E-state index contributed by atoms with van der Waals surface area (Å²) in [5.41, 5.74) is 0.742. The average molecular weight is 340 g/mol. The quantitative estimate of drug-likeness (QED) is 0.748. The Labute approximate surface area is 147 Å². The number of rotatable bonds is 4. The first-order chi connectivity index (χ1) is 12.1. The second-order valence-electron chi connectivity index (χ2n) is 6.60. The molecule has 1 aliphatic rings. The van der Waals surface area contributed by atoms with Crippen LogP contribution in [0.2, 0.25) is 0 Å². The molecule has 1 unspecified atom stereocenters. The fraction of sp³-hybridized carbons (Fsp3) is 0.400. The second-order valence-corrected chi connectivity index (χ2v) is 6.60. The highest BCUT2D eigenvalue weighted by Gasteiger charge is 2.21. The normalized spacial score (nSPS) is 16.4. The van der Waals surface area contributed by atoms with E-state index in [1.807, 2.05) is 42.5 Å². The summed E-state index contributed by atoms with van der Waals surface area (Å²) in [6, 6.07) is 13.5. The number of carbonyl (C=O) groups excluding carboxylic acids is 2. The zero-order chi connectivity index (χ0) is 17.6. The van der Waals surface area contributed by atoms with Crippen LogP contribution in [0.25, 0.3) is 10.8 Å². The Morgan fingerprint density at radius 3 is 2.52 bits per heavy atom. The fourth-order valence-electron chi connectivity index (χ4n) is 3.42. The van der Waals surface area contributed by atoms with Crippen molar-refractivity contribution >= 4 is 22.6 Å². The van der Waals surface area contributed by atoms with Crippen LogP contribution in [0.3, 0.4) is 0 Å². The molecule has 3 rings (SSSR count). The third-order valence-electron chi connectivity index (χ3n) is 4.78. The molecule has 5 heteroatoms. The van der Waals surface area contributed by atoms with Crippen molar-refractivity contribution in [1.29, 1.82) is 0 Å². The van der Waals surface area contributed by atoms with Gasteiger partial charge in [0, 0.05) is 12.6 Å². The molecule has 2 aromatic carbocycles. The van der Waals surface area contributed by atoms with Gasteiger partial charge in [0.1, 0.15) is 0 Å². The predicted molar refractivity (Wildman–Crippen MR) is 96.9 cm³/mol. The zero-order valence-corrected chi connectivity index (χ0v) is 14.2. The molecule has 3 N–H and O–H groups in total. The Kier molecular flexibility index (Phi) is 5.66. The Hall–Kier alpha value is -2.40. The lowest BCUT2D eigenvalue weighted by Gasteiger charge is -2.22. The minimum Gasteiger partial charge on any atom is -0.387 e. The van der Waals surface area contributed by atoms with E-state index in [-0.39, 0.29) is 12.6 Å². The average Bonchev–Trinajstić information content (AvgIpc) is 2.66. The van der Waals surface area contributed by atoms with Crippen LogP contribution in [0.5, 0.6) is 0 Å². The molecule has 0 radical (unpaired) electrons. The fourth-order valence-corrected chi connectivity index (χ4v) is 3.42. The van der Waals surface area contributed by atoms with Crippen LogP contribution < -0.4 is 10.6 Å². The third-order valence-corrected chi connectivity index (χ3v) is 4.78. The van der Waals surface area contributed by atoms with Crippen molar-refractivity contribution in [2.24, 2.45) is 0 Å². The lowest BCUT2D eigenvalue weighted by Crippen LogP contribution is -2.46. The van der Waals surface area contributed by atoms with Crippen LogP contribution in [-0.4, -0.2) is 29.5 Å². The number of fused-ring (bicyclic) bond motifs is 1. The zero-order valence-electron chi connectivity index (χ0n) is 14.2. The molecule has 0 heterocycles. The maximum atomic E-state index is 12.0. The van der Waals surface area contributed by atoms with Gasteiger partial charge in [-0.15, -0.1) is 0 Å². The molecule has 0 aliphatic heterocycles. The second kappa shape index (κ2) is 8.12. The molecule has 0 spiro atoms. The minimum absolute atomic E-state index is 0.00489. The molecule has 1 atom stereocenters. The van der Waals surface area contributed by atoms with Crippen LogP contribution in [0.15, 0.2) is 42.5 Å². The summed E-state index contributed by atoms with van der Waals surface area (Å²) in [5, 5.41) is 17.7. The van der Waals surface area contributed by atoms with E-state index in [4.69, 9.17) is 0 Å². The van der Waals surface area contributed by atoms with Gasteiger partial charge in [0.25, 0.3) is 0 Å². The van der Waals surface area contributed by atoms with Gasteiger partial charge in [-0.3, -0.25) is 9.59 Å². The van der Waals surface area contributed by atoms with Gasteiger partial charge in [0.15, 0.2) is 0 Å². The molecule has 25 heavy (non-hydrogen) atoms. The monoisotopic (exact) mass is 340 g/mol. The number of amides is 2. The molecule has 2 amide bonds. The molecule has 1 saturated carbocycles.